The van der Waals surface area contributed by atoms with E-state index < -0.39 is 0 Å². The zero-order valence-electron chi connectivity index (χ0n) is 11.6. The molecule has 1 fully saturated rings. The topological polar surface area (TPSA) is 12.0 Å². The van der Waals surface area contributed by atoms with Gasteiger partial charge in [0.25, 0.3) is 0 Å². The molecule has 3 rings (SSSR count). The minimum absolute atomic E-state index is 0.188. The predicted octanol–water partition coefficient (Wildman–Crippen LogP) is 4.58. The third-order valence-corrected chi connectivity index (χ3v) is 4.89. The van der Waals surface area contributed by atoms with E-state index in [-0.39, 0.29) is 11.6 Å². The van der Waals surface area contributed by atoms with Gasteiger partial charge in [-0.15, -0.1) is 0 Å². The summed E-state index contributed by atoms with van der Waals surface area (Å²) in [5, 5.41) is 3.33. The Kier molecular flexibility index (Phi) is 4.56. The minimum Gasteiger partial charge on any atom is -0.317 e. The van der Waals surface area contributed by atoms with Crippen molar-refractivity contribution in [2.45, 2.75) is 28.6 Å². The van der Waals surface area contributed by atoms with E-state index in [9.17, 15) is 8.78 Å². The van der Waals surface area contributed by atoms with E-state index in [4.69, 9.17) is 0 Å². The van der Waals surface area contributed by atoms with Crippen LogP contribution in [0.3, 0.4) is 0 Å². The van der Waals surface area contributed by atoms with Gasteiger partial charge in [-0.2, -0.15) is 0 Å². The van der Waals surface area contributed by atoms with Gasteiger partial charge >= 0.3 is 0 Å². The number of nitrogens with one attached hydrogen (secondary N) is 1. The highest BCUT2D eigenvalue weighted by Gasteiger charge is 2.19. The van der Waals surface area contributed by atoms with Crippen LogP contribution in [0.25, 0.3) is 0 Å². The standard InChI is InChI=1S/C17H17F2NS/c18-13-1-4-15(5-2-13)21-17-6-3-14(19)11-16(17)12-7-9-20-10-8-12/h1-6,11-12,20H,7-10H2. The molecule has 0 aliphatic carbocycles. The van der Waals surface area contributed by atoms with Crippen LogP contribution < -0.4 is 5.32 Å². The molecule has 0 radical (unpaired) electrons. The molecule has 0 saturated carbocycles. The van der Waals surface area contributed by atoms with Gasteiger partial charge in [0.15, 0.2) is 0 Å². The van der Waals surface area contributed by atoms with Crippen LogP contribution in [0.5, 0.6) is 0 Å². The lowest BCUT2D eigenvalue weighted by atomic mass is 9.90. The molecule has 0 atom stereocenters. The zero-order valence-corrected chi connectivity index (χ0v) is 12.4. The quantitative estimate of drug-likeness (QED) is 0.890. The van der Waals surface area contributed by atoms with E-state index in [0.29, 0.717) is 5.92 Å². The van der Waals surface area contributed by atoms with Crippen molar-refractivity contribution in [3.05, 3.63) is 59.7 Å². The molecule has 1 nitrogen and oxygen atoms in total. The monoisotopic (exact) mass is 305 g/mol. The Balaban J connectivity index is 1.88. The maximum Gasteiger partial charge on any atom is 0.123 e. The molecule has 0 spiro atoms. The summed E-state index contributed by atoms with van der Waals surface area (Å²) in [4.78, 5) is 2.04. The van der Waals surface area contributed by atoms with E-state index in [0.717, 1.165) is 41.3 Å². The van der Waals surface area contributed by atoms with Gasteiger partial charge in [-0.25, -0.2) is 8.78 Å². The average molecular weight is 305 g/mol. The molecular formula is C17H17F2NS. The molecule has 110 valence electrons. The Morgan fingerprint density at radius 2 is 1.57 bits per heavy atom. The molecule has 0 unspecified atom stereocenters. The van der Waals surface area contributed by atoms with Crippen molar-refractivity contribution in [3.63, 3.8) is 0 Å². The Morgan fingerprint density at radius 3 is 2.29 bits per heavy atom. The highest BCUT2D eigenvalue weighted by Crippen LogP contribution is 2.37. The Hall–Kier alpha value is -1.39. The van der Waals surface area contributed by atoms with Gasteiger partial charge in [-0.3, -0.25) is 0 Å². The van der Waals surface area contributed by atoms with Crippen LogP contribution in [-0.4, -0.2) is 13.1 Å². The van der Waals surface area contributed by atoms with Gasteiger partial charge in [0.05, 0.1) is 0 Å². The van der Waals surface area contributed by atoms with Crippen LogP contribution in [0.1, 0.15) is 24.3 Å². The van der Waals surface area contributed by atoms with Crippen LogP contribution in [0.2, 0.25) is 0 Å². The number of piperidine rings is 1. The van der Waals surface area contributed by atoms with E-state index in [1.807, 2.05) is 6.07 Å². The van der Waals surface area contributed by atoms with Crippen molar-refractivity contribution in [2.24, 2.45) is 0 Å². The second kappa shape index (κ2) is 6.58. The van der Waals surface area contributed by atoms with Gasteiger partial charge < -0.3 is 5.32 Å². The fraction of sp³-hybridized carbons (Fsp3) is 0.294. The highest BCUT2D eigenvalue weighted by molar-refractivity contribution is 7.99. The first-order valence-corrected chi connectivity index (χ1v) is 7.97. The SMILES string of the molecule is Fc1ccc(Sc2ccc(F)cc2C2CCNCC2)cc1. The molecule has 4 heteroatoms. The summed E-state index contributed by atoms with van der Waals surface area (Å²) in [6.07, 6.45) is 2.06. The largest absolute Gasteiger partial charge is 0.317 e. The normalized spacial score (nSPS) is 16.1. The first kappa shape index (κ1) is 14.5. The minimum atomic E-state index is -0.239. The summed E-state index contributed by atoms with van der Waals surface area (Å²) < 4.78 is 26.6. The van der Waals surface area contributed by atoms with E-state index in [1.165, 1.54) is 18.2 Å². The summed E-state index contributed by atoms with van der Waals surface area (Å²) in [5.41, 5.74) is 1.07. The first-order valence-electron chi connectivity index (χ1n) is 7.16. The Labute approximate surface area is 127 Å². The lowest BCUT2D eigenvalue weighted by molar-refractivity contribution is 0.454. The Morgan fingerprint density at radius 1 is 0.905 bits per heavy atom. The lowest BCUT2D eigenvalue weighted by Crippen LogP contribution is -2.26. The summed E-state index contributed by atoms with van der Waals surface area (Å²) in [5.74, 6) is -0.0334. The Bertz CT molecular complexity index is 607. The van der Waals surface area contributed by atoms with Gasteiger partial charge in [-0.05, 0) is 79.9 Å². The third-order valence-electron chi connectivity index (χ3n) is 3.79. The van der Waals surface area contributed by atoms with Crippen LogP contribution in [0.4, 0.5) is 8.78 Å². The maximum atomic E-state index is 13.6. The van der Waals surface area contributed by atoms with Crippen LogP contribution in [0.15, 0.2) is 52.3 Å². The van der Waals surface area contributed by atoms with Crippen molar-refractivity contribution >= 4 is 11.8 Å². The van der Waals surface area contributed by atoms with Gasteiger partial charge in [0, 0.05) is 9.79 Å². The number of hydrogen-bond donors (Lipinski definition) is 1. The first-order chi connectivity index (χ1) is 10.2. The number of rotatable bonds is 3. The highest BCUT2D eigenvalue weighted by atomic mass is 32.2. The van der Waals surface area contributed by atoms with E-state index in [2.05, 4.69) is 5.32 Å². The molecule has 1 N–H and O–H groups in total. The lowest BCUT2D eigenvalue weighted by Gasteiger charge is -2.25. The molecule has 0 aromatic heterocycles. The van der Waals surface area contributed by atoms with Gasteiger partial charge in [0.2, 0.25) is 0 Å². The fourth-order valence-electron chi connectivity index (χ4n) is 2.69. The molecule has 2 aromatic carbocycles. The van der Waals surface area contributed by atoms with E-state index >= 15 is 0 Å². The summed E-state index contributed by atoms with van der Waals surface area (Å²) >= 11 is 1.57. The molecular weight excluding hydrogens is 288 g/mol. The summed E-state index contributed by atoms with van der Waals surface area (Å²) in [6, 6.07) is 11.4. The second-order valence-electron chi connectivity index (χ2n) is 5.26. The van der Waals surface area contributed by atoms with Crippen LogP contribution in [0, 0.1) is 11.6 Å². The maximum absolute atomic E-state index is 13.6. The summed E-state index contributed by atoms with van der Waals surface area (Å²) in [6.45, 7) is 1.95. The van der Waals surface area contributed by atoms with Crippen LogP contribution >= 0.6 is 11.8 Å². The molecule has 21 heavy (non-hydrogen) atoms. The molecule has 1 aliphatic rings. The number of benzene rings is 2. The molecule has 1 heterocycles. The van der Waals surface area contributed by atoms with Crippen LogP contribution in [-0.2, 0) is 0 Å². The van der Waals surface area contributed by atoms with Crippen molar-refractivity contribution in [2.75, 3.05) is 13.1 Å². The molecule has 1 aliphatic heterocycles. The number of hydrogen-bond acceptors (Lipinski definition) is 2. The zero-order chi connectivity index (χ0) is 14.7. The van der Waals surface area contributed by atoms with Gasteiger partial charge in [0.1, 0.15) is 11.6 Å². The molecule has 0 bridgehead atoms. The fourth-order valence-corrected chi connectivity index (χ4v) is 3.70. The van der Waals surface area contributed by atoms with Crippen molar-refractivity contribution in [1.82, 2.24) is 5.32 Å². The molecule has 0 amide bonds. The second-order valence-corrected chi connectivity index (χ2v) is 6.38. The van der Waals surface area contributed by atoms with Crippen molar-refractivity contribution < 1.29 is 8.78 Å². The smallest absolute Gasteiger partial charge is 0.123 e. The van der Waals surface area contributed by atoms with E-state index in [1.54, 1.807) is 30.0 Å². The predicted molar refractivity (Wildman–Crippen MR) is 81.8 cm³/mol. The molecule has 2 aromatic rings. The third kappa shape index (κ3) is 3.63. The number of halogens is 2. The van der Waals surface area contributed by atoms with Gasteiger partial charge in [-0.1, -0.05) is 11.8 Å². The van der Waals surface area contributed by atoms with Crippen molar-refractivity contribution in [3.8, 4) is 0 Å². The average Bonchev–Trinajstić information content (AvgIpc) is 2.52. The van der Waals surface area contributed by atoms with Crippen molar-refractivity contribution in [1.29, 1.82) is 0 Å². The summed E-state index contributed by atoms with van der Waals surface area (Å²) in [7, 11) is 0. The molecule has 1 saturated heterocycles.